The van der Waals surface area contributed by atoms with Gasteiger partial charge in [0, 0.05) is 13.1 Å². The number of nitrogens with one attached hydrogen (secondary N) is 1. The molecule has 2 amide bonds. The van der Waals surface area contributed by atoms with Gasteiger partial charge in [0.25, 0.3) is 0 Å². The van der Waals surface area contributed by atoms with Gasteiger partial charge < -0.3 is 10.2 Å². The first-order valence-corrected chi connectivity index (χ1v) is 7.44. The van der Waals surface area contributed by atoms with Crippen molar-refractivity contribution in [2.75, 3.05) is 13.1 Å². The van der Waals surface area contributed by atoms with E-state index in [9.17, 15) is 9.18 Å². The topological polar surface area (TPSA) is 32.3 Å². The number of hydrogen-bond donors (Lipinski definition) is 1. The summed E-state index contributed by atoms with van der Waals surface area (Å²) in [5.41, 5.74) is 0.484. The molecule has 1 aliphatic rings. The minimum Gasteiger partial charge on any atom is -0.328 e. The fraction of sp³-hybridized carbons (Fsp3) is 0.562. The Morgan fingerprint density at radius 3 is 2.50 bits per heavy atom. The molecule has 0 saturated heterocycles. The largest absolute Gasteiger partial charge is 0.328 e. The molecule has 20 heavy (non-hydrogen) atoms. The van der Waals surface area contributed by atoms with E-state index in [4.69, 9.17) is 0 Å². The Balaban J connectivity index is 2.24. The van der Waals surface area contributed by atoms with E-state index in [-0.39, 0.29) is 11.8 Å². The molecule has 2 rings (SSSR count). The first kappa shape index (κ1) is 14.8. The highest BCUT2D eigenvalue weighted by Crippen LogP contribution is 2.39. The van der Waals surface area contributed by atoms with Gasteiger partial charge in [-0.05, 0) is 44.4 Å². The van der Waals surface area contributed by atoms with Gasteiger partial charge >= 0.3 is 6.03 Å². The van der Waals surface area contributed by atoms with Crippen LogP contribution in [0.15, 0.2) is 24.3 Å². The molecule has 0 spiro atoms. The highest BCUT2D eigenvalue weighted by molar-refractivity contribution is 5.75. The highest BCUT2D eigenvalue weighted by Gasteiger charge is 2.37. The number of halogens is 1. The van der Waals surface area contributed by atoms with E-state index < -0.39 is 5.54 Å². The van der Waals surface area contributed by atoms with Gasteiger partial charge in [-0.15, -0.1) is 0 Å². The number of urea groups is 1. The maximum Gasteiger partial charge on any atom is 0.318 e. The Labute approximate surface area is 120 Å². The Kier molecular flexibility index (Phi) is 4.63. The number of amides is 2. The second-order valence-electron chi connectivity index (χ2n) is 5.40. The summed E-state index contributed by atoms with van der Waals surface area (Å²) >= 11 is 0. The molecule has 1 aromatic rings. The van der Waals surface area contributed by atoms with Crippen molar-refractivity contribution in [3.05, 3.63) is 35.6 Å². The quantitative estimate of drug-likeness (QED) is 0.896. The number of rotatable bonds is 4. The van der Waals surface area contributed by atoms with Crippen molar-refractivity contribution in [1.29, 1.82) is 0 Å². The Morgan fingerprint density at radius 2 is 1.95 bits per heavy atom. The molecule has 0 unspecified atom stereocenters. The van der Waals surface area contributed by atoms with E-state index in [1.165, 1.54) is 6.07 Å². The second-order valence-corrected chi connectivity index (χ2v) is 5.40. The summed E-state index contributed by atoms with van der Waals surface area (Å²) < 4.78 is 13.5. The van der Waals surface area contributed by atoms with Gasteiger partial charge in [0.1, 0.15) is 5.82 Å². The summed E-state index contributed by atoms with van der Waals surface area (Å²) in [6, 6.07) is 6.57. The van der Waals surface area contributed by atoms with Crippen molar-refractivity contribution in [3.8, 4) is 0 Å². The monoisotopic (exact) mass is 278 g/mol. The number of benzene rings is 1. The fourth-order valence-electron chi connectivity index (χ4n) is 3.05. The van der Waals surface area contributed by atoms with Crippen LogP contribution in [0, 0.1) is 5.82 Å². The summed E-state index contributed by atoms with van der Waals surface area (Å²) in [4.78, 5) is 14.1. The summed E-state index contributed by atoms with van der Waals surface area (Å²) in [6.07, 6.45) is 3.89. The lowest BCUT2D eigenvalue weighted by Gasteiger charge is -2.33. The highest BCUT2D eigenvalue weighted by atomic mass is 19.1. The van der Waals surface area contributed by atoms with Gasteiger partial charge in [0.15, 0.2) is 0 Å². The molecule has 1 aromatic carbocycles. The van der Waals surface area contributed by atoms with E-state index in [1.54, 1.807) is 17.0 Å². The van der Waals surface area contributed by atoms with Crippen LogP contribution in [-0.4, -0.2) is 24.0 Å². The van der Waals surface area contributed by atoms with Crippen LogP contribution in [0.4, 0.5) is 9.18 Å². The van der Waals surface area contributed by atoms with Crippen molar-refractivity contribution in [3.63, 3.8) is 0 Å². The normalized spacial score (nSPS) is 16.9. The van der Waals surface area contributed by atoms with Gasteiger partial charge in [0.2, 0.25) is 0 Å². The zero-order valence-corrected chi connectivity index (χ0v) is 12.3. The van der Waals surface area contributed by atoms with Gasteiger partial charge in [-0.25, -0.2) is 9.18 Å². The second kappa shape index (κ2) is 6.25. The molecular formula is C16H23FN2O. The lowest BCUT2D eigenvalue weighted by Crippen LogP contribution is -2.50. The summed E-state index contributed by atoms with van der Waals surface area (Å²) in [7, 11) is 0. The summed E-state index contributed by atoms with van der Waals surface area (Å²) in [5, 5.41) is 3.16. The van der Waals surface area contributed by atoms with E-state index in [1.807, 2.05) is 19.9 Å². The molecule has 0 heterocycles. The van der Waals surface area contributed by atoms with Crippen LogP contribution in [0.2, 0.25) is 0 Å². The standard InChI is InChI=1S/C16H23FN2O/c1-3-19(4-2)15(20)18-16(10-5-6-11-16)13-8-7-9-14(17)12-13/h7-9,12H,3-6,10-11H2,1-2H3,(H,18,20). The first-order valence-electron chi connectivity index (χ1n) is 7.44. The van der Waals surface area contributed by atoms with Gasteiger partial charge in [0.05, 0.1) is 5.54 Å². The molecule has 1 fully saturated rings. The van der Waals surface area contributed by atoms with Crippen LogP contribution in [0.3, 0.4) is 0 Å². The van der Waals surface area contributed by atoms with Gasteiger partial charge in [-0.3, -0.25) is 0 Å². The third kappa shape index (κ3) is 2.94. The van der Waals surface area contributed by atoms with Crippen LogP contribution in [0.1, 0.15) is 45.1 Å². The molecule has 110 valence electrons. The number of carbonyl (C=O) groups excluding carboxylic acids is 1. The minimum absolute atomic E-state index is 0.0545. The smallest absolute Gasteiger partial charge is 0.318 e. The average Bonchev–Trinajstić information content (AvgIpc) is 2.90. The van der Waals surface area contributed by atoms with Crippen LogP contribution >= 0.6 is 0 Å². The fourth-order valence-corrected chi connectivity index (χ4v) is 3.05. The first-order chi connectivity index (χ1) is 9.61. The summed E-state index contributed by atoms with van der Waals surface area (Å²) in [6.45, 7) is 5.29. The van der Waals surface area contributed by atoms with E-state index in [0.717, 1.165) is 31.2 Å². The van der Waals surface area contributed by atoms with Crippen LogP contribution in [-0.2, 0) is 5.54 Å². The molecule has 0 bridgehead atoms. The summed E-state index contributed by atoms with van der Waals surface area (Å²) in [5.74, 6) is -0.245. The van der Waals surface area contributed by atoms with Crippen molar-refractivity contribution < 1.29 is 9.18 Å². The molecule has 1 N–H and O–H groups in total. The predicted molar refractivity (Wildman–Crippen MR) is 78.0 cm³/mol. The Hall–Kier alpha value is -1.58. The van der Waals surface area contributed by atoms with Crippen molar-refractivity contribution >= 4 is 6.03 Å². The third-order valence-electron chi connectivity index (χ3n) is 4.23. The maximum absolute atomic E-state index is 13.5. The van der Waals surface area contributed by atoms with Crippen molar-refractivity contribution in [2.24, 2.45) is 0 Å². The van der Waals surface area contributed by atoms with Crippen molar-refractivity contribution in [2.45, 2.75) is 45.1 Å². The molecule has 1 saturated carbocycles. The van der Waals surface area contributed by atoms with Gasteiger partial charge in [-0.1, -0.05) is 25.0 Å². The Bertz CT molecular complexity index is 465. The number of carbonyl (C=O) groups is 1. The Morgan fingerprint density at radius 1 is 1.30 bits per heavy atom. The lowest BCUT2D eigenvalue weighted by molar-refractivity contribution is 0.187. The van der Waals surface area contributed by atoms with Crippen LogP contribution in [0.5, 0.6) is 0 Å². The molecule has 1 aliphatic carbocycles. The molecular weight excluding hydrogens is 255 g/mol. The molecule has 0 radical (unpaired) electrons. The molecule has 0 aliphatic heterocycles. The van der Waals surface area contributed by atoms with E-state index in [0.29, 0.717) is 13.1 Å². The van der Waals surface area contributed by atoms with Crippen LogP contribution < -0.4 is 5.32 Å². The minimum atomic E-state index is -0.401. The SMILES string of the molecule is CCN(CC)C(=O)NC1(c2cccc(F)c2)CCCC1. The third-order valence-corrected chi connectivity index (χ3v) is 4.23. The average molecular weight is 278 g/mol. The van der Waals surface area contributed by atoms with E-state index in [2.05, 4.69) is 5.32 Å². The molecule has 0 aromatic heterocycles. The van der Waals surface area contributed by atoms with Crippen LogP contribution in [0.25, 0.3) is 0 Å². The zero-order chi connectivity index (χ0) is 14.6. The molecule has 0 atom stereocenters. The number of hydrogen-bond acceptors (Lipinski definition) is 1. The van der Waals surface area contributed by atoms with Gasteiger partial charge in [-0.2, -0.15) is 0 Å². The van der Waals surface area contributed by atoms with E-state index >= 15 is 0 Å². The molecule has 4 heteroatoms. The maximum atomic E-state index is 13.5. The number of nitrogens with zero attached hydrogens (tertiary/aromatic N) is 1. The predicted octanol–water partition coefficient (Wildman–Crippen LogP) is 3.65. The zero-order valence-electron chi connectivity index (χ0n) is 12.3. The molecule has 3 nitrogen and oxygen atoms in total. The van der Waals surface area contributed by atoms with Crippen molar-refractivity contribution in [1.82, 2.24) is 10.2 Å². The lowest BCUT2D eigenvalue weighted by atomic mass is 9.88.